The second kappa shape index (κ2) is 10.6. The molecule has 0 radical (unpaired) electrons. The van der Waals surface area contributed by atoms with E-state index in [1.807, 2.05) is 31.3 Å². The summed E-state index contributed by atoms with van der Waals surface area (Å²) in [5.41, 5.74) is 2.67. The minimum Gasteiger partial charge on any atom is -0.358 e. The van der Waals surface area contributed by atoms with Crippen LogP contribution < -0.4 is 16.0 Å². The molecule has 1 aliphatic rings. The van der Waals surface area contributed by atoms with Gasteiger partial charge in [-0.15, -0.1) is 0 Å². The number of hydrogen-bond acceptors (Lipinski definition) is 4. The van der Waals surface area contributed by atoms with Crippen molar-refractivity contribution in [3.8, 4) is 0 Å². The summed E-state index contributed by atoms with van der Waals surface area (Å²) in [7, 11) is 2.00. The number of rotatable bonds is 6. The van der Waals surface area contributed by atoms with Gasteiger partial charge in [-0.05, 0) is 66.2 Å². The molecular weight excluding hydrogens is 473 g/mol. The Hall–Kier alpha value is -3.55. The summed E-state index contributed by atoms with van der Waals surface area (Å²) in [5, 5.41) is 9.32. The van der Waals surface area contributed by atoms with Gasteiger partial charge in [0.2, 0.25) is 0 Å². The van der Waals surface area contributed by atoms with E-state index in [1.54, 1.807) is 48.5 Å². The van der Waals surface area contributed by atoms with Gasteiger partial charge in [-0.3, -0.25) is 9.79 Å². The van der Waals surface area contributed by atoms with E-state index in [1.165, 1.54) is 0 Å². The lowest BCUT2D eigenvalue weighted by atomic mass is 10.1. The van der Waals surface area contributed by atoms with E-state index in [9.17, 15) is 9.59 Å². The monoisotopic (exact) mass is 495 g/mol. The van der Waals surface area contributed by atoms with E-state index in [2.05, 4.69) is 25.8 Å². The van der Waals surface area contributed by atoms with Gasteiger partial charge in [-0.2, -0.15) is 0 Å². The van der Waals surface area contributed by atoms with E-state index >= 15 is 0 Å². The lowest BCUT2D eigenvalue weighted by Gasteiger charge is -2.20. The van der Waals surface area contributed by atoms with Crippen LogP contribution in [-0.4, -0.2) is 42.8 Å². The molecule has 0 aromatic heterocycles. The van der Waals surface area contributed by atoms with Crippen LogP contribution in [0, 0.1) is 0 Å². The molecular formula is C25H23Cl2N5O2. The van der Waals surface area contributed by atoms with Crippen LogP contribution in [0.4, 0.5) is 16.2 Å². The number of carbonyl (C=O) groups is 2. The average molecular weight is 496 g/mol. The van der Waals surface area contributed by atoms with E-state index in [4.69, 9.17) is 23.2 Å². The van der Waals surface area contributed by atoms with Gasteiger partial charge in [0.15, 0.2) is 0 Å². The summed E-state index contributed by atoms with van der Waals surface area (Å²) in [4.78, 5) is 32.5. The number of aliphatic imine (C=N–C) groups is 1. The Balaban J connectivity index is 1.49. The van der Waals surface area contributed by atoms with Crippen molar-refractivity contribution in [1.82, 2.24) is 10.2 Å². The first kappa shape index (κ1) is 23.6. The Kier molecular flexibility index (Phi) is 7.35. The Morgan fingerprint density at radius 2 is 1.59 bits per heavy atom. The number of amides is 3. The third-order valence-corrected chi connectivity index (χ3v) is 5.78. The molecule has 4 rings (SSSR count). The smallest absolute Gasteiger partial charge is 0.320 e. The number of benzene rings is 3. The number of likely N-dealkylation sites (N-methyl/N-ethyl adjacent to an activating group) is 1. The van der Waals surface area contributed by atoms with E-state index in [0.29, 0.717) is 27.0 Å². The van der Waals surface area contributed by atoms with Gasteiger partial charge in [0.25, 0.3) is 5.91 Å². The highest BCUT2D eigenvalue weighted by molar-refractivity contribution is 6.31. The predicted molar refractivity (Wildman–Crippen MR) is 137 cm³/mol. The first-order valence-corrected chi connectivity index (χ1v) is 11.4. The molecule has 1 unspecified atom stereocenters. The zero-order chi connectivity index (χ0) is 24.1. The van der Waals surface area contributed by atoms with Crippen LogP contribution in [0.25, 0.3) is 0 Å². The van der Waals surface area contributed by atoms with Crippen LogP contribution in [0.3, 0.4) is 0 Å². The number of anilines is 2. The van der Waals surface area contributed by atoms with E-state index in [0.717, 1.165) is 24.5 Å². The summed E-state index contributed by atoms with van der Waals surface area (Å²) >= 11 is 12.0. The standard InChI is InChI=1S/C25H23Cl2N5O2/c1-32-14-13-28-23(32)16-5-9-20(10-6-16)29-24(33)22(17-3-2-4-19(27)15-17)31-25(34)30-21-11-7-18(26)8-12-21/h2-12,15,22H,13-14H2,1H3,(H,29,33)(H2,30,31,34). The zero-order valence-electron chi connectivity index (χ0n) is 18.4. The van der Waals surface area contributed by atoms with Gasteiger partial charge in [0, 0.05) is 40.6 Å². The van der Waals surface area contributed by atoms with Crippen LogP contribution in [0.1, 0.15) is 17.2 Å². The number of halogens is 2. The molecule has 1 aliphatic heterocycles. The van der Waals surface area contributed by atoms with Gasteiger partial charge in [-0.25, -0.2) is 4.79 Å². The quantitative estimate of drug-likeness (QED) is 0.439. The highest BCUT2D eigenvalue weighted by Crippen LogP contribution is 2.21. The van der Waals surface area contributed by atoms with Crippen molar-refractivity contribution in [2.24, 2.45) is 4.99 Å². The molecule has 34 heavy (non-hydrogen) atoms. The summed E-state index contributed by atoms with van der Waals surface area (Å²) in [5.74, 6) is 0.520. The lowest BCUT2D eigenvalue weighted by molar-refractivity contribution is -0.118. The van der Waals surface area contributed by atoms with Gasteiger partial charge < -0.3 is 20.9 Å². The Labute approximate surface area is 207 Å². The van der Waals surface area contributed by atoms with Gasteiger partial charge in [0.05, 0.1) is 6.54 Å². The molecule has 1 atom stereocenters. The minimum atomic E-state index is -0.976. The van der Waals surface area contributed by atoms with Crippen molar-refractivity contribution in [3.63, 3.8) is 0 Å². The van der Waals surface area contributed by atoms with Gasteiger partial charge in [-0.1, -0.05) is 35.3 Å². The molecule has 9 heteroatoms. The Morgan fingerprint density at radius 1 is 0.912 bits per heavy atom. The number of amidine groups is 1. The van der Waals surface area contributed by atoms with Crippen LogP contribution >= 0.6 is 23.2 Å². The average Bonchev–Trinajstić information content (AvgIpc) is 3.25. The molecule has 0 bridgehead atoms. The molecule has 0 saturated heterocycles. The molecule has 0 saturated carbocycles. The fourth-order valence-electron chi connectivity index (χ4n) is 3.58. The SMILES string of the molecule is CN1CCN=C1c1ccc(NC(=O)C(NC(=O)Nc2ccc(Cl)cc2)c2cccc(Cl)c2)cc1. The molecule has 0 spiro atoms. The maximum atomic E-state index is 13.2. The van der Waals surface area contributed by atoms with Crippen molar-refractivity contribution >= 4 is 52.4 Å². The number of carbonyl (C=O) groups excluding carboxylic acids is 2. The second-order valence-electron chi connectivity index (χ2n) is 7.79. The van der Waals surface area contributed by atoms with E-state index in [-0.39, 0.29) is 0 Å². The summed E-state index contributed by atoms with van der Waals surface area (Å²) in [6.45, 7) is 1.66. The lowest BCUT2D eigenvalue weighted by Crippen LogP contribution is -2.39. The van der Waals surface area contributed by atoms with Crippen molar-refractivity contribution in [3.05, 3.63) is 94.0 Å². The minimum absolute atomic E-state index is 0.406. The normalized spacial score (nSPS) is 13.7. The summed E-state index contributed by atoms with van der Waals surface area (Å²) in [6.07, 6.45) is 0. The largest absolute Gasteiger partial charge is 0.358 e. The zero-order valence-corrected chi connectivity index (χ0v) is 19.9. The number of nitrogens with zero attached hydrogens (tertiary/aromatic N) is 2. The summed E-state index contributed by atoms with van der Waals surface area (Å²) in [6, 6.07) is 19.4. The molecule has 174 valence electrons. The number of urea groups is 1. The molecule has 0 fully saturated rings. The maximum absolute atomic E-state index is 13.2. The molecule has 3 N–H and O–H groups in total. The number of nitrogens with one attached hydrogen (secondary N) is 3. The maximum Gasteiger partial charge on any atom is 0.320 e. The van der Waals surface area contributed by atoms with Crippen molar-refractivity contribution in [2.45, 2.75) is 6.04 Å². The van der Waals surface area contributed by atoms with Crippen LogP contribution in [0.5, 0.6) is 0 Å². The van der Waals surface area contributed by atoms with Gasteiger partial charge >= 0.3 is 6.03 Å². The topological polar surface area (TPSA) is 85.8 Å². The highest BCUT2D eigenvalue weighted by Gasteiger charge is 2.24. The molecule has 7 nitrogen and oxygen atoms in total. The molecule has 1 heterocycles. The van der Waals surface area contributed by atoms with Crippen molar-refractivity contribution in [1.29, 1.82) is 0 Å². The Morgan fingerprint density at radius 3 is 2.24 bits per heavy atom. The van der Waals surface area contributed by atoms with Crippen LogP contribution in [0.2, 0.25) is 10.0 Å². The first-order chi connectivity index (χ1) is 16.4. The Bertz CT molecular complexity index is 1210. The molecule has 3 aromatic rings. The predicted octanol–water partition coefficient (Wildman–Crippen LogP) is 5.19. The van der Waals surface area contributed by atoms with Gasteiger partial charge in [0.1, 0.15) is 11.9 Å². The first-order valence-electron chi connectivity index (χ1n) is 10.6. The summed E-state index contributed by atoms with van der Waals surface area (Å²) < 4.78 is 0. The molecule has 3 aromatic carbocycles. The third-order valence-electron chi connectivity index (χ3n) is 5.29. The highest BCUT2D eigenvalue weighted by atomic mass is 35.5. The van der Waals surface area contributed by atoms with Crippen molar-refractivity contribution < 1.29 is 9.59 Å². The van der Waals surface area contributed by atoms with Crippen molar-refractivity contribution in [2.75, 3.05) is 30.8 Å². The molecule has 3 amide bonds. The number of hydrogen-bond donors (Lipinski definition) is 3. The van der Waals surface area contributed by atoms with Crippen LogP contribution in [0.15, 0.2) is 77.8 Å². The van der Waals surface area contributed by atoms with Crippen LogP contribution in [-0.2, 0) is 4.79 Å². The fourth-order valence-corrected chi connectivity index (χ4v) is 3.90. The third kappa shape index (κ3) is 5.87. The van der Waals surface area contributed by atoms with E-state index < -0.39 is 18.0 Å². The molecule has 0 aliphatic carbocycles. The fraction of sp³-hybridized carbons (Fsp3) is 0.160. The second-order valence-corrected chi connectivity index (χ2v) is 8.66.